The van der Waals surface area contributed by atoms with E-state index >= 15 is 0 Å². The number of nitrogens with zero attached hydrogens (tertiary/aromatic N) is 1. The van der Waals surface area contributed by atoms with Crippen LogP contribution in [0.2, 0.25) is 0 Å². The second-order valence-electron chi connectivity index (χ2n) is 14.8. The lowest BCUT2D eigenvalue weighted by Crippen LogP contribution is -2.33. The summed E-state index contributed by atoms with van der Waals surface area (Å²) >= 11 is 0. The lowest BCUT2D eigenvalue weighted by atomic mass is 10.0. The smallest absolute Gasteiger partial charge is 0.335 e. The zero-order chi connectivity index (χ0) is 34.8. The van der Waals surface area contributed by atoms with Gasteiger partial charge in [-0.1, -0.05) is 213 Å². The fourth-order valence-electron chi connectivity index (χ4n) is 6.98. The lowest BCUT2D eigenvalue weighted by Gasteiger charge is -2.23. The summed E-state index contributed by atoms with van der Waals surface area (Å²) in [5.41, 5.74) is 0.688. The minimum atomic E-state index is -0.980. The van der Waals surface area contributed by atoms with Gasteiger partial charge in [-0.05, 0) is 31.0 Å². The molecule has 0 bridgehead atoms. The van der Waals surface area contributed by atoms with E-state index in [0.717, 1.165) is 38.8 Å². The maximum atomic E-state index is 13.4. The van der Waals surface area contributed by atoms with Gasteiger partial charge in [0.25, 0.3) is 5.91 Å². The van der Waals surface area contributed by atoms with E-state index in [9.17, 15) is 14.7 Å². The van der Waals surface area contributed by atoms with Crippen LogP contribution in [-0.4, -0.2) is 35.0 Å². The van der Waals surface area contributed by atoms with Crippen LogP contribution < -0.4 is 0 Å². The SMILES string of the molecule is CCCCCCCCCCCCCCCCCCN(CCCCCCCCCCCCCCCCCC)C(=O)c1cccc(C(=O)O)c1. The third kappa shape index (κ3) is 26.1. The van der Waals surface area contributed by atoms with Gasteiger partial charge in [0, 0.05) is 18.7 Å². The standard InChI is InChI=1S/C44H79NO3/c1-3-5-7-9-11-13-15-17-19-21-23-25-27-29-31-33-38-45(43(46)41-36-35-37-42(40-41)44(47)48)39-34-32-30-28-26-24-22-20-18-16-14-12-10-8-6-4-2/h35-37,40H,3-34,38-39H2,1-2H3,(H,47,48). The van der Waals surface area contributed by atoms with Crippen molar-refractivity contribution in [2.24, 2.45) is 0 Å². The Kier molecular flexibility index (Phi) is 31.0. The number of carbonyl (C=O) groups excluding carboxylic acids is 1. The third-order valence-electron chi connectivity index (χ3n) is 10.2. The van der Waals surface area contributed by atoms with Gasteiger partial charge in [0.2, 0.25) is 0 Å². The lowest BCUT2D eigenvalue weighted by molar-refractivity contribution is 0.0697. The second kappa shape index (κ2) is 33.6. The van der Waals surface area contributed by atoms with Crippen molar-refractivity contribution in [3.05, 3.63) is 35.4 Å². The Morgan fingerprint density at radius 3 is 1.00 bits per heavy atom. The van der Waals surface area contributed by atoms with E-state index in [1.807, 2.05) is 4.90 Å². The van der Waals surface area contributed by atoms with Crippen LogP contribution in [0.3, 0.4) is 0 Å². The van der Waals surface area contributed by atoms with Crippen LogP contribution in [0.1, 0.15) is 240 Å². The molecule has 0 heterocycles. The first-order valence-corrected chi connectivity index (χ1v) is 21.2. The Morgan fingerprint density at radius 1 is 0.438 bits per heavy atom. The van der Waals surface area contributed by atoms with Gasteiger partial charge in [-0.3, -0.25) is 4.79 Å². The zero-order valence-corrected chi connectivity index (χ0v) is 32.1. The van der Waals surface area contributed by atoms with Gasteiger partial charge >= 0.3 is 5.97 Å². The maximum Gasteiger partial charge on any atom is 0.335 e. The number of hydrogen-bond donors (Lipinski definition) is 1. The molecule has 1 aromatic rings. The van der Waals surface area contributed by atoms with Crippen molar-refractivity contribution in [1.29, 1.82) is 0 Å². The summed E-state index contributed by atoms with van der Waals surface area (Å²) in [7, 11) is 0. The van der Waals surface area contributed by atoms with Gasteiger partial charge in [0.1, 0.15) is 0 Å². The first kappa shape index (κ1) is 44.2. The van der Waals surface area contributed by atoms with Crippen molar-refractivity contribution in [3.63, 3.8) is 0 Å². The quantitative estimate of drug-likeness (QED) is 0.0723. The van der Waals surface area contributed by atoms with E-state index in [1.165, 1.54) is 180 Å². The number of hydrogen-bond acceptors (Lipinski definition) is 2. The fourth-order valence-corrected chi connectivity index (χ4v) is 6.98. The van der Waals surface area contributed by atoms with Crippen LogP contribution in [0.4, 0.5) is 0 Å². The van der Waals surface area contributed by atoms with Crippen molar-refractivity contribution in [3.8, 4) is 0 Å². The Bertz CT molecular complexity index is 832. The highest BCUT2D eigenvalue weighted by molar-refractivity contribution is 5.97. The number of carbonyl (C=O) groups is 2. The molecule has 4 nitrogen and oxygen atoms in total. The molecule has 48 heavy (non-hydrogen) atoms. The van der Waals surface area contributed by atoms with Crippen molar-refractivity contribution >= 4 is 11.9 Å². The molecule has 0 fully saturated rings. The van der Waals surface area contributed by atoms with Crippen LogP contribution in [0.15, 0.2) is 24.3 Å². The number of amides is 1. The molecule has 0 aromatic heterocycles. The largest absolute Gasteiger partial charge is 0.478 e. The monoisotopic (exact) mass is 670 g/mol. The van der Waals surface area contributed by atoms with Crippen molar-refractivity contribution < 1.29 is 14.7 Å². The molecule has 0 radical (unpaired) electrons. The van der Waals surface area contributed by atoms with Gasteiger partial charge in [-0.15, -0.1) is 0 Å². The van der Waals surface area contributed by atoms with Crippen molar-refractivity contribution in [2.45, 2.75) is 219 Å². The molecule has 0 aliphatic heterocycles. The molecule has 1 aromatic carbocycles. The highest BCUT2D eigenvalue weighted by atomic mass is 16.4. The number of carboxylic acids is 1. The van der Waals surface area contributed by atoms with Gasteiger partial charge in [0.15, 0.2) is 0 Å². The summed E-state index contributed by atoms with van der Waals surface area (Å²) in [4.78, 5) is 26.9. The molecule has 0 saturated heterocycles. The zero-order valence-electron chi connectivity index (χ0n) is 32.1. The predicted molar refractivity (Wildman–Crippen MR) is 208 cm³/mol. The first-order valence-electron chi connectivity index (χ1n) is 21.2. The summed E-state index contributed by atoms with van der Waals surface area (Å²) in [6.45, 7) is 6.11. The summed E-state index contributed by atoms with van der Waals surface area (Å²) in [6, 6.07) is 6.56. The molecule has 1 amide bonds. The van der Waals surface area contributed by atoms with E-state index in [-0.39, 0.29) is 11.5 Å². The number of aromatic carboxylic acids is 1. The number of carboxylic acid groups (broad SMARTS) is 1. The van der Waals surface area contributed by atoms with Gasteiger partial charge in [-0.2, -0.15) is 0 Å². The average Bonchev–Trinajstić information content (AvgIpc) is 3.10. The van der Waals surface area contributed by atoms with Crippen LogP contribution in [0, 0.1) is 0 Å². The molecule has 0 spiro atoms. The molecule has 278 valence electrons. The number of rotatable bonds is 36. The van der Waals surface area contributed by atoms with Crippen LogP contribution >= 0.6 is 0 Å². The molecule has 0 aliphatic carbocycles. The van der Waals surface area contributed by atoms with Crippen LogP contribution in [0.25, 0.3) is 0 Å². The third-order valence-corrected chi connectivity index (χ3v) is 10.2. The van der Waals surface area contributed by atoms with Crippen molar-refractivity contribution in [1.82, 2.24) is 4.90 Å². The first-order chi connectivity index (χ1) is 23.6. The summed E-state index contributed by atoms with van der Waals surface area (Å²) in [5.74, 6) is -0.994. The topological polar surface area (TPSA) is 57.6 Å². The highest BCUT2D eigenvalue weighted by Gasteiger charge is 2.17. The predicted octanol–water partition coefficient (Wildman–Crippen LogP) is 14.3. The summed E-state index contributed by atoms with van der Waals surface area (Å²) < 4.78 is 0. The molecular formula is C44H79NO3. The Hall–Kier alpha value is -1.84. The molecular weight excluding hydrogens is 590 g/mol. The molecule has 0 atom stereocenters. The van der Waals surface area contributed by atoms with E-state index in [1.54, 1.807) is 24.3 Å². The number of benzene rings is 1. The highest BCUT2D eigenvalue weighted by Crippen LogP contribution is 2.17. The maximum absolute atomic E-state index is 13.4. The fraction of sp³-hybridized carbons (Fsp3) is 0.818. The van der Waals surface area contributed by atoms with Crippen LogP contribution in [-0.2, 0) is 0 Å². The van der Waals surface area contributed by atoms with Gasteiger partial charge in [0.05, 0.1) is 5.56 Å². The number of unbranched alkanes of at least 4 members (excludes halogenated alkanes) is 30. The Morgan fingerprint density at radius 2 is 0.708 bits per heavy atom. The van der Waals surface area contributed by atoms with Crippen LogP contribution in [0.5, 0.6) is 0 Å². The minimum absolute atomic E-state index is 0.0139. The van der Waals surface area contributed by atoms with Gasteiger partial charge in [-0.25, -0.2) is 4.79 Å². The second-order valence-corrected chi connectivity index (χ2v) is 14.8. The molecule has 0 unspecified atom stereocenters. The van der Waals surface area contributed by atoms with E-state index in [2.05, 4.69) is 13.8 Å². The van der Waals surface area contributed by atoms with E-state index < -0.39 is 5.97 Å². The summed E-state index contributed by atoms with van der Waals surface area (Å²) in [6.07, 6.45) is 42.9. The molecule has 4 heteroatoms. The molecule has 1 N–H and O–H groups in total. The molecule has 0 saturated carbocycles. The van der Waals surface area contributed by atoms with E-state index in [4.69, 9.17) is 0 Å². The van der Waals surface area contributed by atoms with Crippen molar-refractivity contribution in [2.75, 3.05) is 13.1 Å². The molecule has 1 rings (SSSR count). The average molecular weight is 670 g/mol. The normalized spacial score (nSPS) is 11.3. The minimum Gasteiger partial charge on any atom is -0.478 e. The van der Waals surface area contributed by atoms with Gasteiger partial charge < -0.3 is 10.0 Å². The van der Waals surface area contributed by atoms with E-state index in [0.29, 0.717) is 5.56 Å². The Balaban J connectivity index is 2.20. The summed E-state index contributed by atoms with van der Waals surface area (Å²) in [5, 5.41) is 9.42. The Labute approximate surface area is 298 Å². The molecule has 0 aliphatic rings.